The molecule has 0 spiro atoms. The zero-order valence-corrected chi connectivity index (χ0v) is 13.2. The van der Waals surface area contributed by atoms with Gasteiger partial charge in [0.15, 0.2) is 11.6 Å². The molecule has 3 N–H and O–H groups in total. The lowest BCUT2D eigenvalue weighted by Crippen LogP contribution is -2.08. The van der Waals surface area contributed by atoms with Crippen molar-refractivity contribution in [3.63, 3.8) is 0 Å². The van der Waals surface area contributed by atoms with E-state index in [1.165, 1.54) is 13.2 Å². The number of halogens is 1. The van der Waals surface area contributed by atoms with Crippen molar-refractivity contribution in [2.24, 2.45) is 5.14 Å². The first-order valence-electron chi connectivity index (χ1n) is 6.99. The third-order valence-corrected chi connectivity index (χ3v) is 3.50. The van der Waals surface area contributed by atoms with Gasteiger partial charge in [0.05, 0.1) is 7.11 Å². The minimum Gasteiger partial charge on any atom is -0.494 e. The summed E-state index contributed by atoms with van der Waals surface area (Å²) in [6.07, 6.45) is 3.78. The van der Waals surface area contributed by atoms with Crippen LogP contribution < -0.4 is 14.6 Å². The molecule has 0 aliphatic rings. The zero-order valence-electron chi connectivity index (χ0n) is 12.3. The van der Waals surface area contributed by atoms with Crippen LogP contribution in [0.4, 0.5) is 4.39 Å². The van der Waals surface area contributed by atoms with Crippen LogP contribution in [0.5, 0.6) is 5.75 Å². The lowest BCUT2D eigenvalue weighted by atomic mass is 10.2. The topological polar surface area (TPSA) is 86.2 Å². The van der Waals surface area contributed by atoms with Gasteiger partial charge in [-0.25, -0.2) is 4.39 Å². The molecule has 2 rings (SSSR count). The smallest absolute Gasteiger partial charge is 0.226 e. The van der Waals surface area contributed by atoms with Crippen LogP contribution in [0, 0.1) is 5.82 Å². The number of nitrogens with one attached hydrogen (secondary N) is 1. The molecule has 6 nitrogen and oxygen atoms in total. The van der Waals surface area contributed by atoms with E-state index < -0.39 is 5.82 Å². The average molecular weight is 326 g/mol. The highest BCUT2D eigenvalue weighted by Crippen LogP contribution is 2.24. The van der Waals surface area contributed by atoms with E-state index in [1.807, 2.05) is 0 Å². The van der Waals surface area contributed by atoms with Gasteiger partial charge in [-0.05, 0) is 31.0 Å². The molecule has 0 aliphatic heterocycles. The molecule has 0 saturated heterocycles. The Bertz CT molecular complexity index is 594. The second-order valence-corrected chi connectivity index (χ2v) is 5.21. The number of hydrogen-bond acceptors (Lipinski definition) is 7. The predicted molar refractivity (Wildman–Crippen MR) is 83.6 cm³/mol. The van der Waals surface area contributed by atoms with Crippen LogP contribution in [-0.4, -0.2) is 23.8 Å². The summed E-state index contributed by atoms with van der Waals surface area (Å²) in [6.45, 7) is 0.881. The summed E-state index contributed by atoms with van der Waals surface area (Å²) in [5, 5.41) is 9.19. The molecule has 1 aromatic carbocycles. The highest BCUT2D eigenvalue weighted by atomic mass is 32.2. The van der Waals surface area contributed by atoms with Crippen molar-refractivity contribution in [3.8, 4) is 17.1 Å². The summed E-state index contributed by atoms with van der Waals surface area (Å²) in [4.78, 5) is 4.32. The van der Waals surface area contributed by atoms with E-state index in [0.29, 0.717) is 17.3 Å². The monoisotopic (exact) mass is 326 g/mol. The molecule has 0 saturated carbocycles. The first-order valence-corrected chi connectivity index (χ1v) is 7.87. The van der Waals surface area contributed by atoms with Crippen molar-refractivity contribution in [1.29, 1.82) is 0 Å². The Morgan fingerprint density at radius 3 is 3.00 bits per heavy atom. The molecule has 0 unspecified atom stereocenters. The number of benzene rings is 1. The maximum Gasteiger partial charge on any atom is 0.226 e. The number of nitrogens with two attached hydrogens (primary N) is 1. The van der Waals surface area contributed by atoms with E-state index in [2.05, 4.69) is 14.9 Å². The average Bonchev–Trinajstić information content (AvgIpc) is 3.00. The molecular formula is C14H19FN4O2S. The minimum atomic E-state index is -0.417. The molecule has 1 heterocycles. The van der Waals surface area contributed by atoms with Crippen LogP contribution in [0.15, 0.2) is 22.7 Å². The number of unbranched alkanes of at least 4 members (excludes halogenated alkanes) is 2. The Hall–Kier alpha value is -1.64. The summed E-state index contributed by atoms with van der Waals surface area (Å²) in [7, 11) is 1.42. The number of nitrogens with zero attached hydrogens (tertiary/aromatic N) is 2. The molecule has 0 bridgehead atoms. The standard InChI is InChI=1S/C14H19FN4O2S/c1-20-12-9-10(6-7-11(12)15)14-18-13(21-19-14)5-3-2-4-8-17-22-16/h6-7,9,17H,2-5,8,16H2,1H3. The van der Waals surface area contributed by atoms with Crippen LogP contribution in [-0.2, 0) is 6.42 Å². The van der Waals surface area contributed by atoms with Crippen molar-refractivity contribution in [3.05, 3.63) is 29.9 Å². The fraction of sp³-hybridized carbons (Fsp3) is 0.429. The number of methoxy groups -OCH3 is 1. The van der Waals surface area contributed by atoms with E-state index >= 15 is 0 Å². The molecule has 0 amide bonds. The van der Waals surface area contributed by atoms with E-state index in [-0.39, 0.29) is 5.75 Å². The third-order valence-electron chi connectivity index (χ3n) is 3.13. The number of aromatic nitrogens is 2. The van der Waals surface area contributed by atoms with Gasteiger partial charge >= 0.3 is 0 Å². The van der Waals surface area contributed by atoms with Crippen molar-refractivity contribution in [2.75, 3.05) is 13.7 Å². The van der Waals surface area contributed by atoms with Crippen molar-refractivity contribution >= 4 is 12.1 Å². The SMILES string of the molecule is COc1cc(-c2noc(CCCCCNSN)n2)ccc1F. The highest BCUT2D eigenvalue weighted by molar-refractivity contribution is 7.95. The van der Waals surface area contributed by atoms with Gasteiger partial charge in [0.25, 0.3) is 0 Å². The van der Waals surface area contributed by atoms with Gasteiger partial charge in [-0.3, -0.25) is 9.86 Å². The van der Waals surface area contributed by atoms with Crippen LogP contribution in [0.2, 0.25) is 0 Å². The highest BCUT2D eigenvalue weighted by Gasteiger charge is 2.11. The van der Waals surface area contributed by atoms with Crippen LogP contribution in [0.1, 0.15) is 25.2 Å². The molecule has 120 valence electrons. The Morgan fingerprint density at radius 1 is 1.36 bits per heavy atom. The normalized spacial score (nSPS) is 10.9. The molecule has 0 fully saturated rings. The molecule has 1 aromatic heterocycles. The molecule has 0 atom stereocenters. The van der Waals surface area contributed by atoms with E-state index in [0.717, 1.165) is 44.4 Å². The number of aryl methyl sites for hydroxylation is 1. The van der Waals surface area contributed by atoms with Crippen LogP contribution in [0.3, 0.4) is 0 Å². The second kappa shape index (κ2) is 8.72. The van der Waals surface area contributed by atoms with Crippen molar-refractivity contribution < 1.29 is 13.7 Å². The quantitative estimate of drug-likeness (QED) is 0.541. The van der Waals surface area contributed by atoms with Gasteiger partial charge in [-0.1, -0.05) is 11.6 Å². The maximum absolute atomic E-state index is 13.4. The Labute approximate surface area is 132 Å². The maximum atomic E-state index is 13.4. The molecule has 0 aliphatic carbocycles. The third kappa shape index (κ3) is 4.69. The van der Waals surface area contributed by atoms with Crippen LogP contribution in [0.25, 0.3) is 11.4 Å². The summed E-state index contributed by atoms with van der Waals surface area (Å²) in [5.41, 5.74) is 0.664. The number of hydrogen-bond donors (Lipinski definition) is 2. The van der Waals surface area contributed by atoms with Crippen molar-refractivity contribution in [1.82, 2.24) is 14.9 Å². The van der Waals surface area contributed by atoms with E-state index in [4.69, 9.17) is 14.4 Å². The Kier molecular flexibility index (Phi) is 6.63. The fourth-order valence-electron chi connectivity index (χ4n) is 1.98. The summed E-state index contributed by atoms with van der Waals surface area (Å²) in [5.74, 6) is 0.766. The predicted octanol–water partition coefficient (Wildman–Crippen LogP) is 2.71. The van der Waals surface area contributed by atoms with Crippen LogP contribution >= 0.6 is 12.1 Å². The summed E-state index contributed by atoms with van der Waals surface area (Å²) < 4.78 is 26.5. The minimum absolute atomic E-state index is 0.161. The number of ether oxygens (including phenoxy) is 1. The summed E-state index contributed by atoms with van der Waals surface area (Å²) >= 11 is 1.13. The van der Waals surface area contributed by atoms with Gasteiger partial charge in [0.2, 0.25) is 11.7 Å². The van der Waals surface area contributed by atoms with Gasteiger partial charge in [0, 0.05) is 30.7 Å². The lowest BCUT2D eigenvalue weighted by molar-refractivity contribution is 0.374. The van der Waals surface area contributed by atoms with E-state index in [1.54, 1.807) is 12.1 Å². The molecule has 0 radical (unpaired) electrons. The van der Waals surface area contributed by atoms with Gasteiger partial charge in [0.1, 0.15) is 0 Å². The second-order valence-electron chi connectivity index (χ2n) is 4.68. The molecule has 8 heteroatoms. The Balaban J connectivity index is 1.88. The Morgan fingerprint density at radius 2 is 2.23 bits per heavy atom. The first-order chi connectivity index (χ1) is 10.7. The molecular weight excluding hydrogens is 307 g/mol. The number of rotatable bonds is 9. The lowest BCUT2D eigenvalue weighted by Gasteiger charge is -2.02. The summed E-state index contributed by atoms with van der Waals surface area (Å²) in [6, 6.07) is 4.48. The largest absolute Gasteiger partial charge is 0.494 e. The van der Waals surface area contributed by atoms with Gasteiger partial charge in [-0.2, -0.15) is 4.98 Å². The van der Waals surface area contributed by atoms with Gasteiger partial charge in [-0.15, -0.1) is 0 Å². The molecule has 2 aromatic rings. The van der Waals surface area contributed by atoms with Crippen molar-refractivity contribution in [2.45, 2.75) is 25.7 Å². The first kappa shape index (κ1) is 16.7. The van der Waals surface area contributed by atoms with E-state index in [9.17, 15) is 4.39 Å². The zero-order chi connectivity index (χ0) is 15.8. The fourth-order valence-corrected chi connectivity index (χ4v) is 2.24. The molecule has 22 heavy (non-hydrogen) atoms. The van der Waals surface area contributed by atoms with Gasteiger partial charge < -0.3 is 9.26 Å².